The highest BCUT2D eigenvalue weighted by molar-refractivity contribution is 5.79. The van der Waals surface area contributed by atoms with Gasteiger partial charge in [-0.2, -0.15) is 5.10 Å². The van der Waals surface area contributed by atoms with E-state index in [1.807, 2.05) is 27.8 Å². The Morgan fingerprint density at radius 3 is 2.71 bits per heavy atom. The Balaban J connectivity index is 1.58. The molecule has 2 aliphatic heterocycles. The summed E-state index contributed by atoms with van der Waals surface area (Å²) in [5.74, 6) is 2.42. The molecular formula is C21H28N4O3. The van der Waals surface area contributed by atoms with Gasteiger partial charge in [0, 0.05) is 51.7 Å². The summed E-state index contributed by atoms with van der Waals surface area (Å²) in [6, 6.07) is 10.3. The van der Waals surface area contributed by atoms with E-state index in [1.54, 1.807) is 7.11 Å². The summed E-state index contributed by atoms with van der Waals surface area (Å²) in [5, 5.41) is 4.88. The average molecular weight is 384 g/mol. The minimum absolute atomic E-state index is 0.0779. The number of amides is 1. The Morgan fingerprint density at radius 1 is 1.18 bits per heavy atom. The van der Waals surface area contributed by atoms with E-state index < -0.39 is 0 Å². The fourth-order valence-electron chi connectivity index (χ4n) is 4.04. The highest BCUT2D eigenvalue weighted by Crippen LogP contribution is 2.30. The van der Waals surface area contributed by atoms with Gasteiger partial charge < -0.3 is 14.4 Å². The molecule has 28 heavy (non-hydrogen) atoms. The maximum Gasteiger partial charge on any atom is 0.223 e. The molecular weight excluding hydrogens is 356 g/mol. The molecule has 0 spiro atoms. The van der Waals surface area contributed by atoms with Crippen LogP contribution in [0.3, 0.4) is 0 Å². The minimum Gasteiger partial charge on any atom is -0.383 e. The Bertz CT molecular complexity index is 786. The highest BCUT2D eigenvalue weighted by Gasteiger charge is 2.34. The maximum absolute atomic E-state index is 12.4. The third-order valence-corrected chi connectivity index (χ3v) is 5.62. The standard InChI is InChI=1S/C21H28N4O3/c1-27-12-9-24-15-18(13-19(24)26)21-22-20(17-7-10-28-11-8-17)23-25(21)14-16-5-3-2-4-6-16/h2-6,17-18H,7-15H2,1H3/t18-/m1/s1. The van der Waals surface area contributed by atoms with E-state index in [2.05, 4.69) is 12.1 Å². The number of ether oxygens (including phenoxy) is 2. The van der Waals surface area contributed by atoms with Crippen LogP contribution in [0.1, 0.15) is 48.3 Å². The lowest BCUT2D eigenvalue weighted by atomic mass is 10.00. The minimum atomic E-state index is 0.0779. The summed E-state index contributed by atoms with van der Waals surface area (Å²) in [6.45, 7) is 4.08. The van der Waals surface area contributed by atoms with Crippen LogP contribution in [0, 0.1) is 0 Å². The molecule has 2 fully saturated rings. The molecule has 150 valence electrons. The summed E-state index contributed by atoms with van der Waals surface area (Å²) < 4.78 is 12.6. The van der Waals surface area contributed by atoms with E-state index in [1.165, 1.54) is 5.56 Å². The SMILES string of the molecule is COCCN1C[C@H](c2nc(C3CCOCC3)nn2Cc2ccccc2)CC1=O. The number of carbonyl (C=O) groups is 1. The van der Waals surface area contributed by atoms with Crippen molar-refractivity contribution in [3.8, 4) is 0 Å². The van der Waals surface area contributed by atoms with Gasteiger partial charge in [0.15, 0.2) is 5.82 Å². The third-order valence-electron chi connectivity index (χ3n) is 5.62. The molecule has 1 aromatic carbocycles. The van der Waals surface area contributed by atoms with Gasteiger partial charge in [0.1, 0.15) is 5.82 Å². The number of methoxy groups -OCH3 is 1. The average Bonchev–Trinajstić information content (AvgIpc) is 3.31. The normalized spacial score (nSPS) is 20.8. The van der Waals surface area contributed by atoms with Crippen molar-refractivity contribution in [3.05, 3.63) is 47.5 Å². The van der Waals surface area contributed by atoms with E-state index in [-0.39, 0.29) is 11.8 Å². The van der Waals surface area contributed by atoms with Gasteiger partial charge in [-0.05, 0) is 18.4 Å². The fraction of sp³-hybridized carbons (Fsp3) is 0.571. The molecule has 0 bridgehead atoms. The van der Waals surface area contributed by atoms with E-state index in [9.17, 15) is 4.79 Å². The van der Waals surface area contributed by atoms with Gasteiger partial charge >= 0.3 is 0 Å². The Labute approximate surface area is 165 Å². The van der Waals surface area contributed by atoms with Crippen LogP contribution in [0.2, 0.25) is 0 Å². The maximum atomic E-state index is 12.4. The molecule has 0 aliphatic carbocycles. The molecule has 7 nitrogen and oxygen atoms in total. The molecule has 1 atom stereocenters. The van der Waals surface area contributed by atoms with Crippen molar-refractivity contribution in [2.75, 3.05) is 40.0 Å². The van der Waals surface area contributed by atoms with Gasteiger partial charge in [-0.25, -0.2) is 9.67 Å². The summed E-state index contributed by atoms with van der Waals surface area (Å²) in [5.41, 5.74) is 1.19. The zero-order valence-corrected chi connectivity index (χ0v) is 16.4. The van der Waals surface area contributed by atoms with Crippen LogP contribution >= 0.6 is 0 Å². The number of benzene rings is 1. The first-order valence-corrected chi connectivity index (χ1v) is 10.1. The van der Waals surface area contributed by atoms with Gasteiger partial charge in [0.25, 0.3) is 0 Å². The number of nitrogens with zero attached hydrogens (tertiary/aromatic N) is 4. The molecule has 2 aliphatic rings. The van der Waals surface area contributed by atoms with Crippen LogP contribution in [0.4, 0.5) is 0 Å². The summed E-state index contributed by atoms with van der Waals surface area (Å²) in [6.07, 6.45) is 2.40. The molecule has 7 heteroatoms. The largest absolute Gasteiger partial charge is 0.383 e. The van der Waals surface area contributed by atoms with Crippen LogP contribution in [0.5, 0.6) is 0 Å². The molecule has 3 heterocycles. The second-order valence-electron chi connectivity index (χ2n) is 7.59. The molecule has 0 N–H and O–H groups in total. The van der Waals surface area contributed by atoms with Crippen LogP contribution < -0.4 is 0 Å². The van der Waals surface area contributed by atoms with Crippen LogP contribution in [-0.4, -0.2) is 65.6 Å². The first-order chi connectivity index (χ1) is 13.7. The van der Waals surface area contributed by atoms with E-state index in [4.69, 9.17) is 19.6 Å². The fourth-order valence-corrected chi connectivity index (χ4v) is 4.04. The number of carbonyl (C=O) groups excluding carboxylic acids is 1. The lowest BCUT2D eigenvalue weighted by molar-refractivity contribution is -0.128. The van der Waals surface area contributed by atoms with Crippen molar-refractivity contribution >= 4 is 5.91 Å². The second-order valence-corrected chi connectivity index (χ2v) is 7.59. The first kappa shape index (κ1) is 19.1. The Kier molecular flexibility index (Phi) is 6.02. The molecule has 0 saturated carbocycles. The number of hydrogen-bond acceptors (Lipinski definition) is 5. The summed E-state index contributed by atoms with van der Waals surface area (Å²) >= 11 is 0. The Morgan fingerprint density at radius 2 is 1.96 bits per heavy atom. The van der Waals surface area contributed by atoms with Crippen molar-refractivity contribution in [3.63, 3.8) is 0 Å². The Hall–Kier alpha value is -2.25. The summed E-state index contributed by atoms with van der Waals surface area (Å²) in [4.78, 5) is 19.3. The first-order valence-electron chi connectivity index (χ1n) is 10.1. The van der Waals surface area contributed by atoms with Gasteiger partial charge in [-0.15, -0.1) is 0 Å². The lowest BCUT2D eigenvalue weighted by Gasteiger charge is -2.18. The van der Waals surface area contributed by atoms with Crippen LogP contribution in [-0.2, 0) is 20.8 Å². The third kappa shape index (κ3) is 4.25. The summed E-state index contributed by atoms with van der Waals surface area (Å²) in [7, 11) is 1.66. The van der Waals surface area contributed by atoms with Gasteiger partial charge in [-0.3, -0.25) is 4.79 Å². The number of aromatic nitrogens is 3. The van der Waals surface area contributed by atoms with Gasteiger partial charge in [-0.1, -0.05) is 30.3 Å². The van der Waals surface area contributed by atoms with E-state index >= 15 is 0 Å². The highest BCUT2D eigenvalue weighted by atomic mass is 16.5. The van der Waals surface area contributed by atoms with Crippen LogP contribution in [0.15, 0.2) is 30.3 Å². The zero-order chi connectivity index (χ0) is 19.3. The molecule has 1 aromatic heterocycles. The predicted octanol–water partition coefficient (Wildman–Crippen LogP) is 2.18. The molecule has 2 aromatic rings. The van der Waals surface area contributed by atoms with Gasteiger partial charge in [0.2, 0.25) is 5.91 Å². The van der Waals surface area contributed by atoms with Gasteiger partial charge in [0.05, 0.1) is 13.2 Å². The lowest BCUT2D eigenvalue weighted by Crippen LogP contribution is -2.28. The van der Waals surface area contributed by atoms with Crippen molar-refractivity contribution in [2.45, 2.75) is 37.6 Å². The topological polar surface area (TPSA) is 69.5 Å². The smallest absolute Gasteiger partial charge is 0.223 e. The molecule has 4 rings (SSSR count). The van der Waals surface area contributed by atoms with Crippen molar-refractivity contribution in [2.24, 2.45) is 0 Å². The second kappa shape index (κ2) is 8.84. The molecule has 0 radical (unpaired) electrons. The van der Waals surface area contributed by atoms with E-state index in [0.717, 1.165) is 37.7 Å². The van der Waals surface area contributed by atoms with Crippen LogP contribution in [0.25, 0.3) is 0 Å². The van der Waals surface area contributed by atoms with Crippen molar-refractivity contribution < 1.29 is 14.3 Å². The van der Waals surface area contributed by atoms with Crippen molar-refractivity contribution in [1.82, 2.24) is 19.7 Å². The predicted molar refractivity (Wildman–Crippen MR) is 104 cm³/mol. The zero-order valence-electron chi connectivity index (χ0n) is 16.4. The van der Waals surface area contributed by atoms with E-state index in [0.29, 0.717) is 38.6 Å². The number of rotatable bonds is 7. The molecule has 0 unspecified atom stereocenters. The monoisotopic (exact) mass is 384 g/mol. The molecule has 1 amide bonds. The van der Waals surface area contributed by atoms with Crippen molar-refractivity contribution in [1.29, 1.82) is 0 Å². The molecule has 2 saturated heterocycles. The quantitative estimate of drug-likeness (QED) is 0.732. The number of hydrogen-bond donors (Lipinski definition) is 0. The number of likely N-dealkylation sites (tertiary alicyclic amines) is 1.